The average Bonchev–Trinajstić information content (AvgIpc) is 2.57. The summed E-state index contributed by atoms with van der Waals surface area (Å²) in [4.78, 5) is 16.5. The van der Waals surface area contributed by atoms with E-state index in [9.17, 15) is 4.79 Å². The fourth-order valence-corrected chi connectivity index (χ4v) is 3.61. The molecule has 0 radical (unpaired) electrons. The summed E-state index contributed by atoms with van der Waals surface area (Å²) < 4.78 is 11.1. The highest BCUT2D eigenvalue weighted by atomic mass is 16.5. The average molecular weight is 348 g/mol. The van der Waals surface area contributed by atoms with Gasteiger partial charge in [0.05, 0.1) is 13.3 Å². The van der Waals surface area contributed by atoms with Crippen molar-refractivity contribution in [3.05, 3.63) is 35.9 Å². The molecule has 0 N–H and O–H groups in total. The lowest BCUT2D eigenvalue weighted by molar-refractivity contribution is -0.185. The van der Waals surface area contributed by atoms with E-state index in [0.717, 1.165) is 26.2 Å². The first-order chi connectivity index (χ1) is 12.0. The maximum atomic E-state index is 12.0. The molecular formula is C20H32N2O3. The second-order valence-electron chi connectivity index (χ2n) is 7.28. The van der Waals surface area contributed by atoms with Gasteiger partial charge < -0.3 is 9.47 Å². The predicted octanol–water partition coefficient (Wildman–Crippen LogP) is 2.76. The molecule has 1 aromatic rings. The Morgan fingerprint density at radius 2 is 1.92 bits per heavy atom. The van der Waals surface area contributed by atoms with Gasteiger partial charge >= 0.3 is 5.97 Å². The van der Waals surface area contributed by atoms with Gasteiger partial charge in [0.2, 0.25) is 0 Å². The SMILES string of the molecule is CCOC(=O)CN1CN(CCc2ccccc2)CC(C)(C)[C@H]1OCC. The molecule has 1 aliphatic heterocycles. The number of rotatable bonds is 8. The minimum Gasteiger partial charge on any atom is -0.465 e. The normalized spacial score (nSPS) is 21.2. The van der Waals surface area contributed by atoms with Gasteiger partial charge in [-0.25, -0.2) is 0 Å². The molecule has 25 heavy (non-hydrogen) atoms. The minimum absolute atomic E-state index is 0.0581. The van der Waals surface area contributed by atoms with Crippen LogP contribution in [-0.4, -0.2) is 61.5 Å². The van der Waals surface area contributed by atoms with Crippen LogP contribution in [0.4, 0.5) is 0 Å². The van der Waals surface area contributed by atoms with E-state index in [-0.39, 0.29) is 24.2 Å². The summed E-state index contributed by atoms with van der Waals surface area (Å²) in [6.07, 6.45) is 0.929. The van der Waals surface area contributed by atoms with E-state index in [4.69, 9.17) is 9.47 Å². The van der Waals surface area contributed by atoms with Crippen molar-refractivity contribution in [1.82, 2.24) is 9.80 Å². The molecular weight excluding hydrogens is 316 g/mol. The minimum atomic E-state index is -0.187. The maximum absolute atomic E-state index is 12.0. The van der Waals surface area contributed by atoms with Crippen LogP contribution < -0.4 is 0 Å². The van der Waals surface area contributed by atoms with Crippen LogP contribution in [0.3, 0.4) is 0 Å². The number of esters is 1. The van der Waals surface area contributed by atoms with Gasteiger partial charge in [-0.1, -0.05) is 44.2 Å². The third-order valence-corrected chi connectivity index (χ3v) is 4.53. The zero-order valence-corrected chi connectivity index (χ0v) is 16.0. The van der Waals surface area contributed by atoms with Gasteiger partial charge in [0.1, 0.15) is 12.8 Å². The van der Waals surface area contributed by atoms with Crippen LogP contribution in [-0.2, 0) is 20.7 Å². The van der Waals surface area contributed by atoms with Crippen LogP contribution in [0.25, 0.3) is 0 Å². The molecule has 5 nitrogen and oxygen atoms in total. The Morgan fingerprint density at radius 1 is 1.20 bits per heavy atom. The number of benzene rings is 1. The molecule has 1 fully saturated rings. The molecule has 0 unspecified atom stereocenters. The number of carbonyl (C=O) groups excluding carboxylic acids is 1. The van der Waals surface area contributed by atoms with Crippen LogP contribution in [0.5, 0.6) is 0 Å². The Labute approximate surface area is 151 Å². The van der Waals surface area contributed by atoms with E-state index in [1.165, 1.54) is 5.56 Å². The van der Waals surface area contributed by atoms with E-state index in [1.807, 2.05) is 19.9 Å². The molecule has 0 bridgehead atoms. The van der Waals surface area contributed by atoms with Gasteiger partial charge in [0.25, 0.3) is 0 Å². The van der Waals surface area contributed by atoms with Gasteiger partial charge in [-0.05, 0) is 25.8 Å². The van der Waals surface area contributed by atoms with E-state index in [0.29, 0.717) is 13.2 Å². The Bertz CT molecular complexity index is 533. The number of hydrogen-bond acceptors (Lipinski definition) is 5. The van der Waals surface area contributed by atoms with Crippen LogP contribution in [0, 0.1) is 5.41 Å². The van der Waals surface area contributed by atoms with Crippen molar-refractivity contribution in [3.8, 4) is 0 Å². The summed E-state index contributed by atoms with van der Waals surface area (Å²) in [6, 6.07) is 10.5. The zero-order chi connectivity index (χ0) is 18.3. The van der Waals surface area contributed by atoms with Crippen molar-refractivity contribution in [2.45, 2.75) is 40.3 Å². The number of hydrogen-bond donors (Lipinski definition) is 0. The Kier molecular flexibility index (Phi) is 7.41. The first-order valence-electron chi connectivity index (χ1n) is 9.23. The van der Waals surface area contributed by atoms with Gasteiger partial charge in [0.15, 0.2) is 0 Å². The van der Waals surface area contributed by atoms with E-state index < -0.39 is 0 Å². The molecule has 1 heterocycles. The standard InChI is InChI=1S/C20H32N2O3/c1-5-24-18(23)14-22-16-21(13-12-17-10-8-7-9-11-17)15-20(3,4)19(22)25-6-2/h7-11,19H,5-6,12-16H2,1-4H3/t19-/m1/s1. The second-order valence-corrected chi connectivity index (χ2v) is 7.28. The highest BCUT2D eigenvalue weighted by Crippen LogP contribution is 2.32. The highest BCUT2D eigenvalue weighted by molar-refractivity contribution is 5.71. The van der Waals surface area contributed by atoms with Gasteiger partial charge in [-0.2, -0.15) is 0 Å². The quantitative estimate of drug-likeness (QED) is 0.676. The summed E-state index contributed by atoms with van der Waals surface area (Å²) in [5.74, 6) is -0.187. The number of ether oxygens (including phenoxy) is 2. The lowest BCUT2D eigenvalue weighted by atomic mass is 9.87. The summed E-state index contributed by atoms with van der Waals surface area (Å²) >= 11 is 0. The zero-order valence-electron chi connectivity index (χ0n) is 16.0. The van der Waals surface area contributed by atoms with Gasteiger partial charge in [-0.15, -0.1) is 0 Å². The molecule has 1 atom stereocenters. The van der Waals surface area contributed by atoms with Crippen molar-refractivity contribution in [2.75, 3.05) is 39.5 Å². The lowest BCUT2D eigenvalue weighted by Gasteiger charge is -2.50. The maximum Gasteiger partial charge on any atom is 0.320 e. The summed E-state index contributed by atoms with van der Waals surface area (Å²) in [7, 11) is 0. The van der Waals surface area contributed by atoms with Crippen molar-refractivity contribution >= 4 is 5.97 Å². The Balaban J connectivity index is 2.03. The van der Waals surface area contributed by atoms with Crippen molar-refractivity contribution in [2.24, 2.45) is 5.41 Å². The van der Waals surface area contributed by atoms with Gasteiger partial charge in [0, 0.05) is 25.1 Å². The van der Waals surface area contributed by atoms with Gasteiger partial charge in [-0.3, -0.25) is 14.6 Å². The number of carbonyl (C=O) groups is 1. The third kappa shape index (κ3) is 5.80. The van der Waals surface area contributed by atoms with Crippen LogP contribution >= 0.6 is 0 Å². The monoisotopic (exact) mass is 348 g/mol. The van der Waals surface area contributed by atoms with E-state index >= 15 is 0 Å². The molecule has 1 aliphatic rings. The van der Waals surface area contributed by atoms with Crippen molar-refractivity contribution in [3.63, 3.8) is 0 Å². The molecule has 1 aromatic carbocycles. The molecule has 0 aliphatic carbocycles. The molecule has 0 saturated carbocycles. The highest BCUT2D eigenvalue weighted by Gasteiger charge is 2.42. The Hall–Kier alpha value is -1.43. The van der Waals surface area contributed by atoms with E-state index in [2.05, 4.69) is 47.9 Å². The molecule has 0 amide bonds. The summed E-state index contributed by atoms with van der Waals surface area (Å²) in [6.45, 7) is 12.2. The fraction of sp³-hybridized carbons (Fsp3) is 0.650. The second kappa shape index (κ2) is 9.32. The molecule has 0 spiro atoms. The van der Waals surface area contributed by atoms with Crippen LogP contribution in [0.1, 0.15) is 33.3 Å². The molecule has 2 rings (SSSR count). The van der Waals surface area contributed by atoms with Crippen molar-refractivity contribution < 1.29 is 14.3 Å². The van der Waals surface area contributed by atoms with Crippen molar-refractivity contribution in [1.29, 1.82) is 0 Å². The fourth-order valence-electron chi connectivity index (χ4n) is 3.61. The Morgan fingerprint density at radius 3 is 2.56 bits per heavy atom. The first-order valence-corrected chi connectivity index (χ1v) is 9.23. The third-order valence-electron chi connectivity index (χ3n) is 4.53. The largest absolute Gasteiger partial charge is 0.465 e. The molecule has 5 heteroatoms. The summed E-state index contributed by atoms with van der Waals surface area (Å²) in [5.41, 5.74) is 1.28. The van der Waals surface area contributed by atoms with E-state index in [1.54, 1.807) is 0 Å². The number of nitrogens with zero attached hydrogens (tertiary/aromatic N) is 2. The smallest absolute Gasteiger partial charge is 0.320 e. The molecule has 0 aromatic heterocycles. The van der Waals surface area contributed by atoms with Crippen LogP contribution in [0.15, 0.2) is 30.3 Å². The topological polar surface area (TPSA) is 42.0 Å². The first kappa shape index (κ1) is 19.9. The molecule has 1 saturated heterocycles. The van der Waals surface area contributed by atoms with Crippen LogP contribution in [0.2, 0.25) is 0 Å². The predicted molar refractivity (Wildman–Crippen MR) is 99.1 cm³/mol. The summed E-state index contributed by atoms with van der Waals surface area (Å²) in [5, 5.41) is 0. The lowest BCUT2D eigenvalue weighted by Crippen LogP contribution is -2.61. The molecule has 140 valence electrons.